The maximum absolute atomic E-state index is 12.3. The van der Waals surface area contributed by atoms with Gasteiger partial charge >= 0.3 is 5.97 Å². The molecule has 1 heterocycles. The molecule has 0 aromatic carbocycles. The third kappa shape index (κ3) is 2.59. The number of nitrogens with one attached hydrogen (secondary N) is 1. The first-order valence-electron chi connectivity index (χ1n) is 6.68. The number of carboxylic acids is 1. The Bertz CT molecular complexity index is 585. The van der Waals surface area contributed by atoms with Crippen LogP contribution in [0.3, 0.4) is 0 Å². The molecule has 108 valence electrons. The largest absolute Gasteiger partial charge is 0.480 e. The second-order valence-corrected chi connectivity index (χ2v) is 5.21. The molecule has 0 aliphatic heterocycles. The third-order valence-corrected chi connectivity index (χ3v) is 3.89. The fourth-order valence-electron chi connectivity index (χ4n) is 2.62. The monoisotopic (exact) mass is 278 g/mol. The van der Waals surface area contributed by atoms with Gasteiger partial charge in [-0.25, -0.2) is 4.79 Å². The van der Waals surface area contributed by atoms with E-state index in [2.05, 4.69) is 5.32 Å². The van der Waals surface area contributed by atoms with Crippen molar-refractivity contribution in [3.63, 3.8) is 0 Å². The van der Waals surface area contributed by atoms with E-state index in [0.29, 0.717) is 12.8 Å². The fourth-order valence-corrected chi connectivity index (χ4v) is 2.62. The van der Waals surface area contributed by atoms with Crippen LogP contribution in [0.1, 0.15) is 42.6 Å². The minimum absolute atomic E-state index is 0.170. The van der Waals surface area contributed by atoms with Gasteiger partial charge in [0.15, 0.2) is 0 Å². The van der Waals surface area contributed by atoms with E-state index in [1.165, 1.54) is 29.8 Å². The summed E-state index contributed by atoms with van der Waals surface area (Å²) in [6.45, 7) is 0. The van der Waals surface area contributed by atoms with Crippen LogP contribution in [0, 0.1) is 0 Å². The Labute approximate surface area is 116 Å². The van der Waals surface area contributed by atoms with Gasteiger partial charge < -0.3 is 15.0 Å². The van der Waals surface area contributed by atoms with Gasteiger partial charge in [-0.05, 0) is 18.9 Å². The van der Waals surface area contributed by atoms with E-state index in [-0.39, 0.29) is 11.3 Å². The normalized spacial score (nSPS) is 17.4. The molecule has 1 saturated carbocycles. The fraction of sp³-hybridized carbons (Fsp3) is 0.500. The number of hydrogen-bond donors (Lipinski definition) is 2. The van der Waals surface area contributed by atoms with Crippen LogP contribution in [0.2, 0.25) is 0 Å². The number of carbonyl (C=O) groups excluding carboxylic acids is 1. The Balaban J connectivity index is 2.27. The van der Waals surface area contributed by atoms with Crippen LogP contribution in [-0.4, -0.2) is 27.1 Å². The molecule has 0 atom stereocenters. The number of amides is 1. The molecular weight excluding hydrogens is 260 g/mol. The van der Waals surface area contributed by atoms with Gasteiger partial charge in [-0.3, -0.25) is 9.59 Å². The zero-order chi connectivity index (χ0) is 14.8. The lowest BCUT2D eigenvalue weighted by molar-refractivity contribution is -0.145. The lowest BCUT2D eigenvalue weighted by atomic mass is 9.81. The summed E-state index contributed by atoms with van der Waals surface area (Å²) in [5, 5.41) is 12.0. The molecule has 1 aromatic heterocycles. The van der Waals surface area contributed by atoms with Crippen LogP contribution in [0.25, 0.3) is 0 Å². The predicted octanol–water partition coefficient (Wildman–Crippen LogP) is 0.903. The molecule has 1 fully saturated rings. The Morgan fingerprint density at radius 1 is 1.25 bits per heavy atom. The Morgan fingerprint density at radius 2 is 1.90 bits per heavy atom. The SMILES string of the molecule is Cn1c(C(=O)NC2(C(=O)O)CCCCC2)cccc1=O. The molecule has 1 amide bonds. The number of hydrogen-bond acceptors (Lipinski definition) is 3. The first kappa shape index (κ1) is 14.3. The second kappa shape index (κ2) is 5.48. The minimum Gasteiger partial charge on any atom is -0.480 e. The molecule has 0 saturated heterocycles. The topological polar surface area (TPSA) is 88.4 Å². The van der Waals surface area contributed by atoms with Crippen LogP contribution in [0.4, 0.5) is 0 Å². The van der Waals surface area contributed by atoms with Crippen molar-refractivity contribution in [2.24, 2.45) is 7.05 Å². The van der Waals surface area contributed by atoms with E-state index in [9.17, 15) is 19.5 Å². The van der Waals surface area contributed by atoms with E-state index in [4.69, 9.17) is 0 Å². The van der Waals surface area contributed by atoms with E-state index < -0.39 is 17.4 Å². The van der Waals surface area contributed by atoms with Gasteiger partial charge in [0.2, 0.25) is 0 Å². The molecule has 1 aliphatic rings. The molecule has 2 rings (SSSR count). The average molecular weight is 278 g/mol. The first-order valence-corrected chi connectivity index (χ1v) is 6.68. The number of rotatable bonds is 3. The lowest BCUT2D eigenvalue weighted by Crippen LogP contribution is -2.56. The molecule has 0 spiro atoms. The Hall–Kier alpha value is -2.11. The first-order chi connectivity index (χ1) is 9.46. The van der Waals surface area contributed by atoms with Crippen LogP contribution in [0.15, 0.2) is 23.0 Å². The second-order valence-electron chi connectivity index (χ2n) is 5.21. The summed E-state index contributed by atoms with van der Waals surface area (Å²) in [6, 6.07) is 4.35. The summed E-state index contributed by atoms with van der Waals surface area (Å²) < 4.78 is 1.22. The molecule has 2 N–H and O–H groups in total. The average Bonchev–Trinajstić information content (AvgIpc) is 2.42. The van der Waals surface area contributed by atoms with E-state index >= 15 is 0 Å². The summed E-state index contributed by atoms with van der Waals surface area (Å²) in [6.07, 6.45) is 3.39. The smallest absolute Gasteiger partial charge is 0.329 e. The van der Waals surface area contributed by atoms with Gasteiger partial charge in [0.25, 0.3) is 11.5 Å². The predicted molar refractivity (Wildman–Crippen MR) is 72.6 cm³/mol. The summed E-state index contributed by atoms with van der Waals surface area (Å²) in [5.41, 5.74) is -1.34. The lowest BCUT2D eigenvalue weighted by Gasteiger charge is -2.34. The van der Waals surface area contributed by atoms with Crippen LogP contribution >= 0.6 is 0 Å². The highest BCUT2D eigenvalue weighted by molar-refractivity contribution is 5.96. The van der Waals surface area contributed by atoms with Crippen molar-refractivity contribution in [2.75, 3.05) is 0 Å². The highest BCUT2D eigenvalue weighted by atomic mass is 16.4. The molecule has 20 heavy (non-hydrogen) atoms. The van der Waals surface area contributed by atoms with Gasteiger partial charge in [0, 0.05) is 13.1 Å². The minimum atomic E-state index is -1.21. The van der Waals surface area contributed by atoms with Crippen molar-refractivity contribution in [2.45, 2.75) is 37.6 Å². The Kier molecular flexibility index (Phi) is 3.92. The van der Waals surface area contributed by atoms with Crippen molar-refractivity contribution in [1.29, 1.82) is 0 Å². The molecule has 0 bridgehead atoms. The van der Waals surface area contributed by atoms with Gasteiger partial charge in [0.05, 0.1) is 0 Å². The molecule has 6 heteroatoms. The number of aromatic nitrogens is 1. The summed E-state index contributed by atoms with van der Waals surface area (Å²) >= 11 is 0. The molecule has 1 aromatic rings. The molecule has 0 unspecified atom stereocenters. The zero-order valence-corrected chi connectivity index (χ0v) is 11.4. The van der Waals surface area contributed by atoms with Crippen molar-refractivity contribution < 1.29 is 14.7 Å². The van der Waals surface area contributed by atoms with Crippen molar-refractivity contribution >= 4 is 11.9 Å². The number of carbonyl (C=O) groups is 2. The maximum atomic E-state index is 12.3. The van der Waals surface area contributed by atoms with Gasteiger partial charge in [-0.2, -0.15) is 0 Å². The molecule has 1 aliphatic carbocycles. The summed E-state index contributed by atoms with van der Waals surface area (Å²) in [5.74, 6) is -1.53. The van der Waals surface area contributed by atoms with E-state index in [0.717, 1.165) is 19.3 Å². The van der Waals surface area contributed by atoms with Crippen LogP contribution in [-0.2, 0) is 11.8 Å². The standard InChI is InChI=1S/C14H18N2O4/c1-16-10(6-5-7-11(16)17)12(18)15-14(13(19)20)8-3-2-4-9-14/h5-7H,2-4,8-9H2,1H3,(H,15,18)(H,19,20). The number of aliphatic carboxylic acids is 1. The van der Waals surface area contributed by atoms with Crippen LogP contribution in [0.5, 0.6) is 0 Å². The number of nitrogens with zero attached hydrogens (tertiary/aromatic N) is 1. The maximum Gasteiger partial charge on any atom is 0.329 e. The molecule has 0 radical (unpaired) electrons. The quantitative estimate of drug-likeness (QED) is 0.860. The van der Waals surface area contributed by atoms with Crippen molar-refractivity contribution in [3.05, 3.63) is 34.2 Å². The number of carboxylic acid groups (broad SMARTS) is 1. The van der Waals surface area contributed by atoms with Gasteiger partial charge in [-0.15, -0.1) is 0 Å². The summed E-state index contributed by atoms with van der Waals surface area (Å²) in [4.78, 5) is 35.3. The molecular formula is C14H18N2O4. The van der Waals surface area contributed by atoms with Gasteiger partial charge in [-0.1, -0.05) is 25.3 Å². The number of pyridine rings is 1. The summed E-state index contributed by atoms with van der Waals surface area (Å²) in [7, 11) is 1.49. The highest BCUT2D eigenvalue weighted by Gasteiger charge is 2.41. The van der Waals surface area contributed by atoms with Crippen molar-refractivity contribution in [1.82, 2.24) is 9.88 Å². The van der Waals surface area contributed by atoms with E-state index in [1.807, 2.05) is 0 Å². The van der Waals surface area contributed by atoms with E-state index in [1.54, 1.807) is 0 Å². The third-order valence-electron chi connectivity index (χ3n) is 3.89. The van der Waals surface area contributed by atoms with Crippen molar-refractivity contribution in [3.8, 4) is 0 Å². The van der Waals surface area contributed by atoms with Crippen LogP contribution < -0.4 is 10.9 Å². The van der Waals surface area contributed by atoms with Gasteiger partial charge in [0.1, 0.15) is 11.2 Å². The zero-order valence-electron chi connectivity index (χ0n) is 11.4. The Morgan fingerprint density at radius 3 is 2.50 bits per heavy atom. The molecule has 6 nitrogen and oxygen atoms in total. The highest BCUT2D eigenvalue weighted by Crippen LogP contribution is 2.28.